The molecule has 0 bridgehead atoms. The summed E-state index contributed by atoms with van der Waals surface area (Å²) in [5.41, 5.74) is 0. The number of piperazine rings is 1. The Hall–Kier alpha value is -1.15. The molecule has 0 aromatic carbocycles. The molecule has 0 saturated carbocycles. The Morgan fingerprint density at radius 2 is 1.89 bits per heavy atom. The van der Waals surface area contributed by atoms with E-state index in [9.17, 15) is 18.0 Å². The molecule has 18 heavy (non-hydrogen) atoms. The molecule has 7 nitrogen and oxygen atoms in total. The molecule has 8 heteroatoms. The summed E-state index contributed by atoms with van der Waals surface area (Å²) in [7, 11) is -3.04. The summed E-state index contributed by atoms with van der Waals surface area (Å²) in [6.07, 6.45) is 0.392. The molecule has 2 fully saturated rings. The van der Waals surface area contributed by atoms with Gasteiger partial charge in [0.15, 0.2) is 9.84 Å². The Morgan fingerprint density at radius 1 is 1.22 bits per heavy atom. The van der Waals surface area contributed by atoms with Gasteiger partial charge in [-0.25, -0.2) is 8.42 Å². The lowest BCUT2D eigenvalue weighted by Crippen LogP contribution is -2.52. The zero-order valence-electron chi connectivity index (χ0n) is 10.0. The molecule has 0 aromatic heterocycles. The quantitative estimate of drug-likeness (QED) is 0.526. The molecule has 1 atom stereocenters. The minimum atomic E-state index is -3.04. The summed E-state index contributed by atoms with van der Waals surface area (Å²) in [5.74, 6) is -1.24. The van der Waals surface area contributed by atoms with E-state index in [1.165, 1.54) is 4.90 Å². The second kappa shape index (κ2) is 5.23. The molecule has 0 aromatic rings. The average molecular weight is 275 g/mol. The summed E-state index contributed by atoms with van der Waals surface area (Å²) in [4.78, 5) is 25.0. The molecule has 102 valence electrons. The molecule has 2 N–H and O–H groups in total. The van der Waals surface area contributed by atoms with E-state index in [-0.39, 0.29) is 11.5 Å². The maximum atomic E-state index is 11.8. The van der Waals surface area contributed by atoms with Crippen molar-refractivity contribution in [2.45, 2.75) is 12.5 Å². The minimum absolute atomic E-state index is 0.0619. The highest BCUT2D eigenvalue weighted by Gasteiger charge is 2.31. The van der Waals surface area contributed by atoms with E-state index in [0.29, 0.717) is 32.6 Å². The number of nitrogens with one attached hydrogen (secondary N) is 2. The standard InChI is InChI=1S/C10H17N3O4S/c14-9(10(15)13-4-2-11-3-5-13)12-8-1-6-18(16,17)7-8/h8,11H,1-7H2,(H,12,14). The minimum Gasteiger partial charge on any atom is -0.344 e. The smallest absolute Gasteiger partial charge is 0.311 e. The van der Waals surface area contributed by atoms with Crippen LogP contribution in [0.4, 0.5) is 0 Å². The molecule has 2 saturated heterocycles. The third kappa shape index (κ3) is 3.20. The first-order valence-corrected chi connectivity index (χ1v) is 7.81. The highest BCUT2D eigenvalue weighted by Crippen LogP contribution is 2.11. The fourth-order valence-corrected chi connectivity index (χ4v) is 3.84. The highest BCUT2D eigenvalue weighted by molar-refractivity contribution is 7.91. The third-order valence-corrected chi connectivity index (χ3v) is 4.93. The van der Waals surface area contributed by atoms with Crippen LogP contribution in [0.2, 0.25) is 0 Å². The molecule has 2 rings (SSSR count). The molecular weight excluding hydrogens is 258 g/mol. The van der Waals surface area contributed by atoms with Crippen molar-refractivity contribution in [1.29, 1.82) is 0 Å². The van der Waals surface area contributed by atoms with E-state index in [0.717, 1.165) is 0 Å². The van der Waals surface area contributed by atoms with Crippen LogP contribution in [0.3, 0.4) is 0 Å². The predicted octanol–water partition coefficient (Wildman–Crippen LogP) is -2.28. The van der Waals surface area contributed by atoms with Gasteiger partial charge in [-0.05, 0) is 6.42 Å². The van der Waals surface area contributed by atoms with Crippen molar-refractivity contribution in [2.75, 3.05) is 37.7 Å². The third-order valence-electron chi connectivity index (χ3n) is 3.17. The number of sulfone groups is 1. The van der Waals surface area contributed by atoms with Gasteiger partial charge in [0.25, 0.3) is 0 Å². The van der Waals surface area contributed by atoms with Crippen LogP contribution in [-0.4, -0.2) is 68.9 Å². The first kappa shape index (κ1) is 13.3. The molecule has 1 unspecified atom stereocenters. The molecular formula is C10H17N3O4S. The van der Waals surface area contributed by atoms with Gasteiger partial charge < -0.3 is 15.5 Å². The van der Waals surface area contributed by atoms with Crippen molar-refractivity contribution in [3.63, 3.8) is 0 Å². The lowest BCUT2D eigenvalue weighted by atomic mass is 10.2. The van der Waals surface area contributed by atoms with Crippen LogP contribution in [-0.2, 0) is 19.4 Å². The Bertz CT molecular complexity index is 442. The zero-order chi connectivity index (χ0) is 13.2. The van der Waals surface area contributed by atoms with Crippen LogP contribution >= 0.6 is 0 Å². The topological polar surface area (TPSA) is 95.6 Å². The molecule has 2 aliphatic heterocycles. The van der Waals surface area contributed by atoms with E-state index in [1.807, 2.05) is 0 Å². The van der Waals surface area contributed by atoms with Gasteiger partial charge in [0, 0.05) is 32.2 Å². The van der Waals surface area contributed by atoms with Crippen molar-refractivity contribution in [3.8, 4) is 0 Å². The fourth-order valence-electron chi connectivity index (χ4n) is 2.17. The van der Waals surface area contributed by atoms with Crippen LogP contribution in [0.15, 0.2) is 0 Å². The largest absolute Gasteiger partial charge is 0.344 e. The van der Waals surface area contributed by atoms with E-state index >= 15 is 0 Å². The van der Waals surface area contributed by atoms with Gasteiger partial charge in [-0.2, -0.15) is 0 Å². The van der Waals surface area contributed by atoms with Gasteiger partial charge in [0.05, 0.1) is 11.5 Å². The van der Waals surface area contributed by atoms with Crippen LogP contribution in [0.1, 0.15) is 6.42 Å². The molecule has 2 heterocycles. The van der Waals surface area contributed by atoms with Crippen LogP contribution in [0.25, 0.3) is 0 Å². The Morgan fingerprint density at radius 3 is 2.44 bits per heavy atom. The summed E-state index contributed by atoms with van der Waals surface area (Å²) in [5, 5.41) is 5.59. The van der Waals surface area contributed by atoms with Gasteiger partial charge in [0.1, 0.15) is 0 Å². The Kier molecular flexibility index (Phi) is 3.86. The number of nitrogens with zero attached hydrogens (tertiary/aromatic N) is 1. The Labute approximate surface area is 106 Å². The second-order valence-corrected chi connectivity index (χ2v) is 6.84. The SMILES string of the molecule is O=C(NC1CCS(=O)(=O)C1)C(=O)N1CCNCC1. The molecule has 0 spiro atoms. The molecule has 2 aliphatic rings. The monoisotopic (exact) mass is 275 g/mol. The van der Waals surface area contributed by atoms with Crippen LogP contribution in [0, 0.1) is 0 Å². The highest BCUT2D eigenvalue weighted by atomic mass is 32.2. The number of hydrogen-bond donors (Lipinski definition) is 2. The lowest BCUT2D eigenvalue weighted by Gasteiger charge is -2.27. The number of amides is 2. The summed E-state index contributed by atoms with van der Waals surface area (Å²) < 4.78 is 22.5. The number of carbonyl (C=O) groups excluding carboxylic acids is 2. The predicted molar refractivity (Wildman–Crippen MR) is 64.7 cm³/mol. The molecule has 0 aliphatic carbocycles. The van der Waals surface area contributed by atoms with Crippen molar-refractivity contribution >= 4 is 21.7 Å². The van der Waals surface area contributed by atoms with Crippen molar-refractivity contribution in [3.05, 3.63) is 0 Å². The van der Waals surface area contributed by atoms with E-state index < -0.39 is 27.7 Å². The summed E-state index contributed by atoms with van der Waals surface area (Å²) in [6.45, 7) is 2.37. The maximum absolute atomic E-state index is 11.8. The normalized spacial score (nSPS) is 26.9. The lowest BCUT2D eigenvalue weighted by molar-refractivity contribution is -0.146. The Balaban J connectivity index is 1.86. The molecule has 2 amide bonds. The second-order valence-electron chi connectivity index (χ2n) is 4.62. The van der Waals surface area contributed by atoms with E-state index in [1.54, 1.807) is 0 Å². The van der Waals surface area contributed by atoms with Crippen LogP contribution < -0.4 is 10.6 Å². The van der Waals surface area contributed by atoms with Crippen LogP contribution in [0.5, 0.6) is 0 Å². The first-order chi connectivity index (χ1) is 8.48. The van der Waals surface area contributed by atoms with Crippen molar-refractivity contribution in [1.82, 2.24) is 15.5 Å². The van der Waals surface area contributed by atoms with Gasteiger partial charge >= 0.3 is 11.8 Å². The van der Waals surface area contributed by atoms with Gasteiger partial charge in [-0.1, -0.05) is 0 Å². The number of hydrogen-bond acceptors (Lipinski definition) is 5. The van der Waals surface area contributed by atoms with Crippen molar-refractivity contribution < 1.29 is 18.0 Å². The summed E-state index contributed by atoms with van der Waals surface area (Å²) in [6, 6.07) is -0.422. The number of carbonyl (C=O) groups is 2. The average Bonchev–Trinajstić information content (AvgIpc) is 2.68. The van der Waals surface area contributed by atoms with Gasteiger partial charge in [-0.15, -0.1) is 0 Å². The van der Waals surface area contributed by atoms with Crippen molar-refractivity contribution in [2.24, 2.45) is 0 Å². The zero-order valence-corrected chi connectivity index (χ0v) is 10.8. The summed E-state index contributed by atoms with van der Waals surface area (Å²) >= 11 is 0. The first-order valence-electron chi connectivity index (χ1n) is 5.99. The van der Waals surface area contributed by atoms with Gasteiger partial charge in [-0.3, -0.25) is 9.59 Å². The number of rotatable bonds is 1. The fraction of sp³-hybridized carbons (Fsp3) is 0.800. The van der Waals surface area contributed by atoms with E-state index in [4.69, 9.17) is 0 Å². The maximum Gasteiger partial charge on any atom is 0.311 e. The van der Waals surface area contributed by atoms with Gasteiger partial charge in [0.2, 0.25) is 0 Å². The molecule has 0 radical (unpaired) electrons. The van der Waals surface area contributed by atoms with E-state index in [2.05, 4.69) is 10.6 Å².